The van der Waals surface area contributed by atoms with Crippen LogP contribution in [0.15, 0.2) is 0 Å². The molecule has 4 heteroatoms. The Hall–Kier alpha value is -1.71. The largest absolute Gasteiger partial charge is 0.493 e. The minimum Gasteiger partial charge on any atom is -0.493 e. The monoisotopic (exact) mass is 434 g/mol. The van der Waals surface area contributed by atoms with Gasteiger partial charge in [0.05, 0.1) is 6.61 Å². The summed E-state index contributed by atoms with van der Waals surface area (Å²) < 4.78 is 11.9. The van der Waals surface area contributed by atoms with Crippen molar-refractivity contribution in [2.45, 2.75) is 100 Å². The van der Waals surface area contributed by atoms with Gasteiger partial charge in [-0.2, -0.15) is 0 Å². The van der Waals surface area contributed by atoms with Crippen LogP contribution >= 0.6 is 0 Å². The molecule has 0 aromatic heterocycles. The van der Waals surface area contributed by atoms with Gasteiger partial charge in [-0.15, -0.1) is 0 Å². The minimum atomic E-state index is -0.960. The number of benzene rings is 1. The Morgan fingerprint density at radius 2 is 1.35 bits per heavy atom. The number of rotatable bonds is 15. The van der Waals surface area contributed by atoms with E-state index in [1.807, 2.05) is 20.8 Å². The molecular weight excluding hydrogens is 388 g/mol. The van der Waals surface area contributed by atoms with Crippen LogP contribution in [-0.2, 0) is 11.2 Å². The van der Waals surface area contributed by atoms with Crippen LogP contribution in [0.5, 0.6) is 11.5 Å². The molecule has 178 valence electrons. The molecule has 31 heavy (non-hydrogen) atoms. The molecule has 2 unspecified atom stereocenters. The van der Waals surface area contributed by atoms with E-state index in [2.05, 4.69) is 34.6 Å². The molecule has 1 rings (SSSR count). The highest BCUT2D eigenvalue weighted by molar-refractivity contribution is 5.69. The normalized spacial score (nSPS) is 13.3. The second-order valence-electron chi connectivity index (χ2n) is 9.82. The van der Waals surface area contributed by atoms with Gasteiger partial charge in [0.2, 0.25) is 0 Å². The molecule has 0 bridgehead atoms. The van der Waals surface area contributed by atoms with Crippen molar-refractivity contribution >= 4 is 5.97 Å². The average molecular weight is 435 g/mol. The van der Waals surface area contributed by atoms with Crippen molar-refractivity contribution in [3.8, 4) is 11.5 Å². The van der Waals surface area contributed by atoms with Crippen LogP contribution in [0.3, 0.4) is 0 Å². The summed E-state index contributed by atoms with van der Waals surface area (Å²) in [7, 11) is 0. The lowest BCUT2D eigenvalue weighted by atomic mass is 9.93. The number of carboxylic acid groups (broad SMARTS) is 1. The highest BCUT2D eigenvalue weighted by Crippen LogP contribution is 2.38. The Morgan fingerprint density at radius 3 is 1.90 bits per heavy atom. The fourth-order valence-electron chi connectivity index (χ4n) is 4.27. The lowest BCUT2D eigenvalue weighted by Gasteiger charge is -2.23. The number of aliphatic carboxylic acids is 1. The fourth-order valence-corrected chi connectivity index (χ4v) is 4.27. The second kappa shape index (κ2) is 13.6. The molecular formula is C27H46O4. The van der Waals surface area contributed by atoms with Gasteiger partial charge in [-0.3, -0.25) is 0 Å². The predicted molar refractivity (Wildman–Crippen MR) is 130 cm³/mol. The maximum Gasteiger partial charge on any atom is 0.341 e. The summed E-state index contributed by atoms with van der Waals surface area (Å²) in [5, 5.41) is 8.97. The van der Waals surface area contributed by atoms with Gasteiger partial charge in [-0.05, 0) is 68.1 Å². The highest BCUT2D eigenvalue weighted by Gasteiger charge is 2.20. The molecule has 0 aliphatic heterocycles. The molecule has 0 amide bonds. The number of carbonyl (C=O) groups is 1. The second-order valence-corrected chi connectivity index (χ2v) is 9.82. The molecule has 0 spiro atoms. The summed E-state index contributed by atoms with van der Waals surface area (Å²) in [6, 6.07) is 0. The van der Waals surface area contributed by atoms with Gasteiger partial charge in [0.15, 0.2) is 6.61 Å². The average Bonchev–Trinajstić information content (AvgIpc) is 2.69. The third-order valence-corrected chi connectivity index (χ3v) is 6.39. The zero-order chi connectivity index (χ0) is 23.6. The zero-order valence-electron chi connectivity index (χ0n) is 21.3. The first-order chi connectivity index (χ1) is 14.6. The van der Waals surface area contributed by atoms with Crippen LogP contribution in [0.1, 0.15) is 95.4 Å². The van der Waals surface area contributed by atoms with Crippen molar-refractivity contribution in [2.75, 3.05) is 13.2 Å². The first-order valence-electron chi connectivity index (χ1n) is 12.2. The van der Waals surface area contributed by atoms with Gasteiger partial charge >= 0.3 is 5.97 Å². The number of carboxylic acids is 1. The number of ether oxygens (including phenoxy) is 2. The minimum absolute atomic E-state index is 0.322. The van der Waals surface area contributed by atoms with Crippen molar-refractivity contribution in [2.24, 2.45) is 17.8 Å². The van der Waals surface area contributed by atoms with Crippen LogP contribution in [0.2, 0.25) is 0 Å². The van der Waals surface area contributed by atoms with Gasteiger partial charge in [-0.1, -0.05) is 66.7 Å². The van der Waals surface area contributed by atoms with E-state index in [0.717, 1.165) is 46.3 Å². The highest BCUT2D eigenvalue weighted by atomic mass is 16.5. The van der Waals surface area contributed by atoms with E-state index in [9.17, 15) is 4.79 Å². The third-order valence-electron chi connectivity index (χ3n) is 6.39. The number of hydrogen-bond acceptors (Lipinski definition) is 3. The molecule has 1 aromatic carbocycles. The van der Waals surface area contributed by atoms with Gasteiger partial charge in [0.1, 0.15) is 11.5 Å². The van der Waals surface area contributed by atoms with Crippen LogP contribution in [-0.4, -0.2) is 24.3 Å². The van der Waals surface area contributed by atoms with Crippen molar-refractivity contribution in [1.29, 1.82) is 0 Å². The molecule has 1 N–H and O–H groups in total. The van der Waals surface area contributed by atoms with E-state index in [1.165, 1.54) is 38.5 Å². The standard InChI is InChI=1S/C27H46O4/c1-9-24-23(8)26(31-17-25(28)29)21(6)22(7)27(24)30-16-20(5)15-11-14-19(4)13-10-12-18(2)3/h18-20H,9-17H2,1-8H3,(H,28,29). The topological polar surface area (TPSA) is 55.8 Å². The zero-order valence-corrected chi connectivity index (χ0v) is 21.3. The first-order valence-corrected chi connectivity index (χ1v) is 12.2. The lowest BCUT2D eigenvalue weighted by molar-refractivity contribution is -0.139. The molecule has 1 aromatic rings. The van der Waals surface area contributed by atoms with E-state index in [4.69, 9.17) is 14.6 Å². The maximum absolute atomic E-state index is 10.9. The SMILES string of the molecule is CCc1c(C)c(OCC(=O)O)c(C)c(C)c1OCC(C)CCCC(C)CCCC(C)C. The van der Waals surface area contributed by atoms with E-state index in [-0.39, 0.29) is 6.61 Å². The maximum atomic E-state index is 10.9. The van der Waals surface area contributed by atoms with Crippen molar-refractivity contribution in [3.05, 3.63) is 22.3 Å². The summed E-state index contributed by atoms with van der Waals surface area (Å²) in [4.78, 5) is 10.9. The molecule has 0 saturated carbocycles. The Morgan fingerprint density at radius 1 is 0.806 bits per heavy atom. The van der Waals surface area contributed by atoms with Crippen molar-refractivity contribution in [3.63, 3.8) is 0 Å². The Balaban J connectivity index is 2.65. The van der Waals surface area contributed by atoms with Crippen LogP contribution in [0.4, 0.5) is 0 Å². The van der Waals surface area contributed by atoms with E-state index in [1.54, 1.807) is 0 Å². The molecule has 0 aliphatic carbocycles. The lowest BCUT2D eigenvalue weighted by Crippen LogP contribution is -2.15. The summed E-state index contributed by atoms with van der Waals surface area (Å²) >= 11 is 0. The van der Waals surface area contributed by atoms with Gasteiger partial charge in [0, 0.05) is 5.56 Å². The quantitative estimate of drug-likeness (QED) is 0.315. The summed E-state index contributed by atoms with van der Waals surface area (Å²) in [5.41, 5.74) is 4.13. The van der Waals surface area contributed by atoms with Crippen LogP contribution < -0.4 is 9.47 Å². The molecule has 0 heterocycles. The van der Waals surface area contributed by atoms with Crippen LogP contribution in [0.25, 0.3) is 0 Å². The van der Waals surface area contributed by atoms with Gasteiger partial charge in [0.25, 0.3) is 0 Å². The number of hydrogen-bond donors (Lipinski definition) is 1. The molecule has 0 radical (unpaired) electrons. The molecule has 0 fully saturated rings. The summed E-state index contributed by atoms with van der Waals surface area (Å²) in [5.74, 6) is 2.81. The predicted octanol–water partition coefficient (Wildman–Crippen LogP) is 7.29. The molecule has 0 saturated heterocycles. The van der Waals surface area contributed by atoms with E-state index < -0.39 is 5.97 Å². The van der Waals surface area contributed by atoms with Gasteiger partial charge in [-0.25, -0.2) is 4.79 Å². The molecule has 2 atom stereocenters. The van der Waals surface area contributed by atoms with Crippen molar-refractivity contribution in [1.82, 2.24) is 0 Å². The third kappa shape index (κ3) is 9.13. The Kier molecular flexibility index (Phi) is 12.0. The van der Waals surface area contributed by atoms with Crippen molar-refractivity contribution < 1.29 is 19.4 Å². The van der Waals surface area contributed by atoms with E-state index >= 15 is 0 Å². The first kappa shape index (κ1) is 27.3. The summed E-state index contributed by atoms with van der Waals surface area (Å²) in [6.07, 6.45) is 8.61. The van der Waals surface area contributed by atoms with Crippen LogP contribution in [0, 0.1) is 38.5 Å². The smallest absolute Gasteiger partial charge is 0.341 e. The molecule has 0 aliphatic rings. The Bertz CT molecular complexity index is 693. The van der Waals surface area contributed by atoms with E-state index in [0.29, 0.717) is 18.3 Å². The fraction of sp³-hybridized carbons (Fsp3) is 0.741. The van der Waals surface area contributed by atoms with Gasteiger partial charge < -0.3 is 14.6 Å². The Labute approximate surface area is 190 Å². The summed E-state index contributed by atoms with van der Waals surface area (Å²) in [6.45, 7) is 17.8. The molecule has 4 nitrogen and oxygen atoms in total.